The van der Waals surface area contributed by atoms with Crippen LogP contribution in [0.5, 0.6) is 0 Å². The zero-order chi connectivity index (χ0) is 12.6. The van der Waals surface area contributed by atoms with Crippen molar-refractivity contribution in [1.29, 1.82) is 0 Å². The minimum atomic E-state index is -4.34. The predicted molar refractivity (Wildman–Crippen MR) is 61.6 cm³/mol. The van der Waals surface area contributed by atoms with Crippen molar-refractivity contribution in [3.05, 3.63) is 47.5 Å². The SMILES string of the molecule is CC(N)c1cccc2c(C(F)(F)F)cccc12. The first kappa shape index (κ1) is 11.9. The van der Waals surface area contributed by atoms with Crippen molar-refractivity contribution in [1.82, 2.24) is 0 Å². The lowest BCUT2D eigenvalue weighted by molar-refractivity contribution is -0.136. The maximum Gasteiger partial charge on any atom is 0.417 e. The summed E-state index contributed by atoms with van der Waals surface area (Å²) in [5.74, 6) is 0. The second-order valence-corrected chi connectivity index (χ2v) is 4.03. The number of nitrogens with two attached hydrogens (primary N) is 1. The maximum absolute atomic E-state index is 12.8. The van der Waals surface area contributed by atoms with Crippen molar-refractivity contribution >= 4 is 10.8 Å². The Balaban J connectivity index is 2.79. The zero-order valence-corrected chi connectivity index (χ0v) is 9.25. The average molecular weight is 239 g/mol. The first-order chi connectivity index (χ1) is 7.91. The van der Waals surface area contributed by atoms with Crippen molar-refractivity contribution in [2.24, 2.45) is 5.73 Å². The van der Waals surface area contributed by atoms with Crippen molar-refractivity contribution < 1.29 is 13.2 Å². The van der Waals surface area contributed by atoms with E-state index in [0.717, 1.165) is 11.6 Å². The molecule has 0 fully saturated rings. The number of fused-ring (bicyclic) bond motifs is 1. The normalized spacial score (nSPS) is 13.9. The van der Waals surface area contributed by atoms with E-state index in [4.69, 9.17) is 5.73 Å². The van der Waals surface area contributed by atoms with E-state index in [1.807, 2.05) is 0 Å². The molecule has 0 aliphatic heterocycles. The van der Waals surface area contributed by atoms with E-state index in [1.54, 1.807) is 25.1 Å². The molecule has 90 valence electrons. The molecule has 1 nitrogen and oxygen atoms in total. The molecule has 2 aromatic rings. The van der Waals surface area contributed by atoms with Crippen LogP contribution in [0, 0.1) is 0 Å². The molecule has 1 unspecified atom stereocenters. The van der Waals surface area contributed by atoms with Gasteiger partial charge in [0.25, 0.3) is 0 Å². The van der Waals surface area contributed by atoms with Gasteiger partial charge >= 0.3 is 6.18 Å². The van der Waals surface area contributed by atoms with Crippen molar-refractivity contribution in [3.63, 3.8) is 0 Å². The van der Waals surface area contributed by atoms with Gasteiger partial charge in [0.05, 0.1) is 5.56 Å². The third-order valence-electron chi connectivity index (χ3n) is 2.75. The zero-order valence-electron chi connectivity index (χ0n) is 9.25. The Kier molecular flexibility index (Phi) is 2.83. The van der Waals surface area contributed by atoms with Gasteiger partial charge in [0.2, 0.25) is 0 Å². The number of hydrogen-bond acceptors (Lipinski definition) is 1. The molecule has 2 N–H and O–H groups in total. The number of halogens is 3. The molecule has 0 amide bonds. The predicted octanol–water partition coefficient (Wildman–Crippen LogP) is 3.88. The van der Waals surface area contributed by atoms with Crippen LogP contribution in [0.15, 0.2) is 36.4 Å². The number of alkyl halides is 3. The summed E-state index contributed by atoms with van der Waals surface area (Å²) in [7, 11) is 0. The molecule has 0 aromatic heterocycles. The molecule has 2 aromatic carbocycles. The summed E-state index contributed by atoms with van der Waals surface area (Å²) in [6.07, 6.45) is -4.34. The molecule has 17 heavy (non-hydrogen) atoms. The van der Waals surface area contributed by atoms with Crippen molar-refractivity contribution in [3.8, 4) is 0 Å². The van der Waals surface area contributed by atoms with E-state index in [9.17, 15) is 13.2 Å². The van der Waals surface area contributed by atoms with Crippen molar-refractivity contribution in [2.75, 3.05) is 0 Å². The Morgan fingerprint density at radius 3 is 2.18 bits per heavy atom. The van der Waals surface area contributed by atoms with Crippen LogP contribution in [0.3, 0.4) is 0 Å². The number of benzene rings is 2. The maximum atomic E-state index is 12.8. The van der Waals surface area contributed by atoms with Crippen LogP contribution < -0.4 is 5.73 Å². The number of rotatable bonds is 1. The Morgan fingerprint density at radius 1 is 1.00 bits per heavy atom. The largest absolute Gasteiger partial charge is 0.417 e. The Hall–Kier alpha value is -1.55. The second kappa shape index (κ2) is 4.04. The standard InChI is InChI=1S/C13H12F3N/c1-8(17)9-4-2-6-11-10(9)5-3-7-12(11)13(14,15)16/h2-8H,17H2,1H3. The van der Waals surface area contributed by atoms with E-state index in [-0.39, 0.29) is 11.4 Å². The lowest BCUT2D eigenvalue weighted by atomic mass is 9.97. The van der Waals surface area contributed by atoms with E-state index < -0.39 is 11.7 Å². The summed E-state index contributed by atoms with van der Waals surface area (Å²) in [5, 5.41) is 0.770. The molecular formula is C13H12F3N. The van der Waals surface area contributed by atoms with E-state index >= 15 is 0 Å². The van der Waals surface area contributed by atoms with Gasteiger partial charge in [0, 0.05) is 6.04 Å². The summed E-state index contributed by atoms with van der Waals surface area (Å²) in [5.41, 5.74) is 5.87. The van der Waals surface area contributed by atoms with Gasteiger partial charge in [-0.25, -0.2) is 0 Å². The van der Waals surface area contributed by atoms with Gasteiger partial charge in [0.15, 0.2) is 0 Å². The van der Waals surface area contributed by atoms with Crippen molar-refractivity contribution in [2.45, 2.75) is 19.1 Å². The summed E-state index contributed by atoms with van der Waals surface area (Å²) >= 11 is 0. The fraction of sp³-hybridized carbons (Fsp3) is 0.231. The highest BCUT2D eigenvalue weighted by molar-refractivity contribution is 5.89. The van der Waals surface area contributed by atoms with Gasteiger partial charge < -0.3 is 5.73 Å². The quantitative estimate of drug-likeness (QED) is 0.803. The molecule has 0 heterocycles. The van der Waals surface area contributed by atoms with Crippen LogP contribution in [-0.2, 0) is 6.18 Å². The topological polar surface area (TPSA) is 26.0 Å². The Bertz CT molecular complexity index is 544. The summed E-state index contributed by atoms with van der Waals surface area (Å²) in [6.45, 7) is 1.76. The Morgan fingerprint density at radius 2 is 1.59 bits per heavy atom. The molecule has 0 saturated heterocycles. The highest BCUT2D eigenvalue weighted by Gasteiger charge is 2.32. The van der Waals surface area contributed by atoms with Gasteiger partial charge in [-0.15, -0.1) is 0 Å². The highest BCUT2D eigenvalue weighted by atomic mass is 19.4. The molecule has 4 heteroatoms. The van der Waals surface area contributed by atoms with Gasteiger partial charge in [-0.1, -0.05) is 30.3 Å². The molecule has 0 aliphatic rings. The molecule has 0 aliphatic carbocycles. The molecule has 1 atom stereocenters. The lowest BCUT2D eigenvalue weighted by Crippen LogP contribution is -2.08. The molecule has 0 radical (unpaired) electrons. The minimum Gasteiger partial charge on any atom is -0.324 e. The van der Waals surface area contributed by atoms with Gasteiger partial charge in [-0.3, -0.25) is 0 Å². The monoisotopic (exact) mass is 239 g/mol. The molecule has 0 saturated carbocycles. The highest BCUT2D eigenvalue weighted by Crippen LogP contribution is 2.36. The summed E-state index contributed by atoms with van der Waals surface area (Å²) in [4.78, 5) is 0. The van der Waals surface area contributed by atoms with Crippen LogP contribution >= 0.6 is 0 Å². The summed E-state index contributed by atoms with van der Waals surface area (Å²) < 4.78 is 38.5. The van der Waals surface area contributed by atoms with Gasteiger partial charge in [-0.05, 0) is 29.3 Å². The summed E-state index contributed by atoms with van der Waals surface area (Å²) in [6, 6.07) is 8.73. The molecular weight excluding hydrogens is 227 g/mol. The van der Waals surface area contributed by atoms with Crippen LogP contribution in [0.2, 0.25) is 0 Å². The van der Waals surface area contributed by atoms with Crippen LogP contribution in [-0.4, -0.2) is 0 Å². The van der Waals surface area contributed by atoms with Crippen LogP contribution in [0.1, 0.15) is 24.1 Å². The van der Waals surface area contributed by atoms with E-state index in [1.165, 1.54) is 12.1 Å². The average Bonchev–Trinajstić information content (AvgIpc) is 2.26. The first-order valence-electron chi connectivity index (χ1n) is 5.25. The fourth-order valence-electron chi connectivity index (χ4n) is 1.98. The first-order valence-corrected chi connectivity index (χ1v) is 5.25. The fourth-order valence-corrected chi connectivity index (χ4v) is 1.98. The van der Waals surface area contributed by atoms with E-state index in [2.05, 4.69) is 0 Å². The van der Waals surface area contributed by atoms with Gasteiger partial charge in [-0.2, -0.15) is 13.2 Å². The smallest absolute Gasteiger partial charge is 0.324 e. The lowest BCUT2D eigenvalue weighted by Gasteiger charge is -2.14. The second-order valence-electron chi connectivity index (χ2n) is 4.03. The third-order valence-corrected chi connectivity index (χ3v) is 2.75. The minimum absolute atomic E-state index is 0.204. The Labute approximate surface area is 97.0 Å². The van der Waals surface area contributed by atoms with E-state index in [0.29, 0.717) is 5.39 Å². The molecule has 0 spiro atoms. The molecule has 0 bridgehead atoms. The third kappa shape index (κ3) is 2.13. The van der Waals surface area contributed by atoms with Crippen LogP contribution in [0.4, 0.5) is 13.2 Å². The number of hydrogen-bond donors (Lipinski definition) is 1. The van der Waals surface area contributed by atoms with Crippen LogP contribution in [0.25, 0.3) is 10.8 Å². The van der Waals surface area contributed by atoms with Gasteiger partial charge in [0.1, 0.15) is 0 Å². The molecule has 2 rings (SSSR count).